The Hall–Kier alpha value is -1.44. The molecule has 1 heterocycles. The molecule has 0 aliphatic carbocycles. The summed E-state index contributed by atoms with van der Waals surface area (Å²) in [7, 11) is 0. The van der Waals surface area contributed by atoms with Gasteiger partial charge in [-0.15, -0.1) is 0 Å². The molecule has 1 rings (SSSR count). The zero-order chi connectivity index (χ0) is 10.1. The van der Waals surface area contributed by atoms with Crippen molar-refractivity contribution in [3.8, 4) is 0 Å². The summed E-state index contributed by atoms with van der Waals surface area (Å²) in [4.78, 5) is 7.55. The van der Waals surface area contributed by atoms with Crippen molar-refractivity contribution in [2.45, 2.75) is 20.8 Å². The zero-order valence-corrected chi connectivity index (χ0v) is 8.49. The second-order valence-electron chi connectivity index (χ2n) is 2.76. The summed E-state index contributed by atoms with van der Waals surface area (Å²) < 4.78 is 0. The van der Waals surface area contributed by atoms with Crippen molar-refractivity contribution >= 4 is 0 Å². The third kappa shape index (κ3) is 8.47. The van der Waals surface area contributed by atoms with E-state index in [0.717, 1.165) is 11.1 Å². The lowest BCUT2D eigenvalue weighted by atomic mass is 10.3. The number of rotatable bonds is 1. The SMILES string of the molecule is C=C(C)/C=C/C.Cc1cncnc1. The number of hydrogen-bond donors (Lipinski definition) is 0. The fraction of sp³-hybridized carbons (Fsp3) is 0.273. The quantitative estimate of drug-likeness (QED) is 0.615. The number of allylic oxidation sites excluding steroid dienone is 3. The lowest BCUT2D eigenvalue weighted by Crippen LogP contribution is -1.75. The Morgan fingerprint density at radius 2 is 1.92 bits per heavy atom. The van der Waals surface area contributed by atoms with E-state index in [0.29, 0.717) is 0 Å². The van der Waals surface area contributed by atoms with E-state index < -0.39 is 0 Å². The minimum atomic E-state index is 1.10. The van der Waals surface area contributed by atoms with Gasteiger partial charge in [-0.2, -0.15) is 0 Å². The Morgan fingerprint density at radius 1 is 1.38 bits per heavy atom. The molecular weight excluding hydrogens is 160 g/mol. The van der Waals surface area contributed by atoms with Crippen LogP contribution in [0.3, 0.4) is 0 Å². The van der Waals surface area contributed by atoms with Crippen molar-refractivity contribution in [1.29, 1.82) is 0 Å². The molecule has 1 aromatic rings. The monoisotopic (exact) mass is 176 g/mol. The molecule has 2 nitrogen and oxygen atoms in total. The van der Waals surface area contributed by atoms with Crippen LogP contribution in [0.15, 0.2) is 43.0 Å². The summed E-state index contributed by atoms with van der Waals surface area (Å²) >= 11 is 0. The molecule has 0 radical (unpaired) electrons. The first-order valence-corrected chi connectivity index (χ1v) is 4.16. The van der Waals surface area contributed by atoms with Gasteiger partial charge in [0.05, 0.1) is 0 Å². The van der Waals surface area contributed by atoms with Gasteiger partial charge in [-0.05, 0) is 26.3 Å². The van der Waals surface area contributed by atoms with Crippen LogP contribution >= 0.6 is 0 Å². The topological polar surface area (TPSA) is 25.8 Å². The average molecular weight is 176 g/mol. The van der Waals surface area contributed by atoms with E-state index in [1.165, 1.54) is 6.33 Å². The van der Waals surface area contributed by atoms with Crippen LogP contribution in [0, 0.1) is 6.92 Å². The molecule has 0 bridgehead atoms. The Kier molecular flexibility index (Phi) is 6.42. The first-order valence-electron chi connectivity index (χ1n) is 4.16. The van der Waals surface area contributed by atoms with Crippen LogP contribution in [-0.4, -0.2) is 9.97 Å². The molecule has 0 N–H and O–H groups in total. The van der Waals surface area contributed by atoms with E-state index in [9.17, 15) is 0 Å². The maximum Gasteiger partial charge on any atom is 0.115 e. The van der Waals surface area contributed by atoms with Crippen LogP contribution < -0.4 is 0 Å². The van der Waals surface area contributed by atoms with Gasteiger partial charge in [0.25, 0.3) is 0 Å². The van der Waals surface area contributed by atoms with Gasteiger partial charge in [0.15, 0.2) is 0 Å². The lowest BCUT2D eigenvalue weighted by Gasteiger charge is -1.81. The van der Waals surface area contributed by atoms with E-state index in [4.69, 9.17) is 0 Å². The number of aryl methyl sites for hydroxylation is 1. The molecule has 0 saturated heterocycles. The minimum absolute atomic E-state index is 1.10. The third-order valence-corrected chi connectivity index (χ3v) is 1.14. The lowest BCUT2D eigenvalue weighted by molar-refractivity contribution is 1.13. The molecule has 0 fully saturated rings. The fourth-order valence-corrected chi connectivity index (χ4v) is 0.658. The average Bonchev–Trinajstić information content (AvgIpc) is 2.06. The molecule has 1 aromatic heterocycles. The van der Waals surface area contributed by atoms with Gasteiger partial charge in [-0.25, -0.2) is 9.97 Å². The molecule has 0 aliphatic rings. The summed E-state index contributed by atoms with van der Waals surface area (Å²) in [6, 6.07) is 0. The van der Waals surface area contributed by atoms with Crippen molar-refractivity contribution < 1.29 is 0 Å². The Labute approximate surface area is 80.1 Å². The molecule has 0 atom stereocenters. The maximum atomic E-state index is 3.77. The van der Waals surface area contributed by atoms with E-state index >= 15 is 0 Å². The summed E-state index contributed by atoms with van der Waals surface area (Å²) in [6.45, 7) is 9.57. The van der Waals surface area contributed by atoms with Gasteiger partial charge in [-0.1, -0.05) is 24.3 Å². The van der Waals surface area contributed by atoms with Crippen molar-refractivity contribution in [3.05, 3.63) is 48.6 Å². The smallest absolute Gasteiger partial charge is 0.115 e. The molecule has 2 heteroatoms. The molecule has 0 aliphatic heterocycles. The van der Waals surface area contributed by atoms with Gasteiger partial charge in [-0.3, -0.25) is 0 Å². The molecule has 0 spiro atoms. The summed E-state index contributed by atoms with van der Waals surface area (Å²) in [5, 5.41) is 0. The van der Waals surface area contributed by atoms with Gasteiger partial charge in [0.2, 0.25) is 0 Å². The Bertz CT molecular complexity index is 263. The van der Waals surface area contributed by atoms with Crippen molar-refractivity contribution in [1.82, 2.24) is 9.97 Å². The summed E-state index contributed by atoms with van der Waals surface area (Å²) in [5.74, 6) is 0. The van der Waals surface area contributed by atoms with Crippen LogP contribution in [0.25, 0.3) is 0 Å². The largest absolute Gasteiger partial charge is 0.245 e. The van der Waals surface area contributed by atoms with Crippen LogP contribution in [0.2, 0.25) is 0 Å². The molecule has 0 aromatic carbocycles. The number of nitrogens with zero attached hydrogens (tertiary/aromatic N) is 2. The normalized spacial score (nSPS) is 9.15. The fourth-order valence-electron chi connectivity index (χ4n) is 0.658. The Balaban J connectivity index is 0.000000226. The molecule has 0 unspecified atom stereocenters. The summed E-state index contributed by atoms with van der Waals surface area (Å²) in [5.41, 5.74) is 2.21. The van der Waals surface area contributed by atoms with Crippen molar-refractivity contribution in [2.75, 3.05) is 0 Å². The summed E-state index contributed by atoms with van der Waals surface area (Å²) in [6.07, 6.45) is 9.01. The zero-order valence-electron chi connectivity index (χ0n) is 8.49. The standard InChI is InChI=1S/C6H10.C5H6N2/c1-4-5-6(2)3;1-5-2-6-4-7-3-5/h4-5H,2H2,1,3H3;2-4H,1H3/b5-4+;. The van der Waals surface area contributed by atoms with Crippen LogP contribution in [0.4, 0.5) is 0 Å². The second-order valence-corrected chi connectivity index (χ2v) is 2.76. The first kappa shape index (κ1) is 11.6. The van der Waals surface area contributed by atoms with E-state index in [2.05, 4.69) is 16.5 Å². The molecule has 0 saturated carbocycles. The van der Waals surface area contributed by atoms with Gasteiger partial charge in [0.1, 0.15) is 6.33 Å². The highest BCUT2D eigenvalue weighted by atomic mass is 14.8. The predicted octanol–water partition coefficient (Wildman–Crippen LogP) is 2.92. The van der Waals surface area contributed by atoms with Crippen molar-refractivity contribution in [2.24, 2.45) is 0 Å². The second kappa shape index (κ2) is 7.22. The van der Waals surface area contributed by atoms with Crippen LogP contribution in [0.1, 0.15) is 19.4 Å². The number of hydrogen-bond acceptors (Lipinski definition) is 2. The predicted molar refractivity (Wildman–Crippen MR) is 56.4 cm³/mol. The van der Waals surface area contributed by atoms with E-state index in [1.807, 2.05) is 32.9 Å². The van der Waals surface area contributed by atoms with Gasteiger partial charge < -0.3 is 0 Å². The molecular formula is C11H16N2. The highest BCUT2D eigenvalue weighted by Crippen LogP contribution is 1.85. The van der Waals surface area contributed by atoms with Gasteiger partial charge in [0, 0.05) is 12.4 Å². The maximum absolute atomic E-state index is 3.77. The third-order valence-electron chi connectivity index (χ3n) is 1.14. The van der Waals surface area contributed by atoms with E-state index in [1.54, 1.807) is 12.4 Å². The highest BCUT2D eigenvalue weighted by Gasteiger charge is 1.74. The van der Waals surface area contributed by atoms with E-state index in [-0.39, 0.29) is 0 Å². The number of aromatic nitrogens is 2. The van der Waals surface area contributed by atoms with Crippen molar-refractivity contribution in [3.63, 3.8) is 0 Å². The minimum Gasteiger partial charge on any atom is -0.245 e. The highest BCUT2D eigenvalue weighted by molar-refractivity contribution is 5.09. The van der Waals surface area contributed by atoms with Crippen LogP contribution in [0.5, 0.6) is 0 Å². The van der Waals surface area contributed by atoms with Gasteiger partial charge >= 0.3 is 0 Å². The molecule has 13 heavy (non-hydrogen) atoms. The van der Waals surface area contributed by atoms with Crippen LogP contribution in [-0.2, 0) is 0 Å². The Morgan fingerprint density at radius 3 is 2.08 bits per heavy atom. The molecule has 70 valence electrons. The molecule has 0 amide bonds. The first-order chi connectivity index (χ1) is 6.16.